The lowest BCUT2D eigenvalue weighted by Crippen LogP contribution is -2.28. The van der Waals surface area contributed by atoms with Crippen LogP contribution in [0.1, 0.15) is 48.5 Å². The van der Waals surface area contributed by atoms with Crippen LogP contribution in [0.5, 0.6) is 5.75 Å². The van der Waals surface area contributed by atoms with Crippen molar-refractivity contribution in [3.63, 3.8) is 0 Å². The molecule has 0 fully saturated rings. The molecular formula is C19H23NO. The van der Waals surface area contributed by atoms with Crippen molar-refractivity contribution in [3.8, 4) is 5.75 Å². The van der Waals surface area contributed by atoms with Gasteiger partial charge in [-0.25, -0.2) is 0 Å². The third-order valence-corrected chi connectivity index (χ3v) is 4.43. The first-order valence-electron chi connectivity index (χ1n) is 7.76. The third kappa shape index (κ3) is 2.96. The van der Waals surface area contributed by atoms with E-state index in [2.05, 4.69) is 48.6 Å². The van der Waals surface area contributed by atoms with Gasteiger partial charge in [0.15, 0.2) is 0 Å². The molecular weight excluding hydrogens is 258 g/mol. The smallest absolute Gasteiger partial charge is 0.123 e. The predicted molar refractivity (Wildman–Crippen MR) is 86.7 cm³/mol. The van der Waals surface area contributed by atoms with Crippen LogP contribution in [0, 0.1) is 0 Å². The van der Waals surface area contributed by atoms with Crippen molar-refractivity contribution in [2.75, 3.05) is 7.11 Å². The van der Waals surface area contributed by atoms with E-state index in [0.29, 0.717) is 6.04 Å². The second-order valence-electron chi connectivity index (χ2n) is 5.77. The summed E-state index contributed by atoms with van der Waals surface area (Å²) in [6.45, 7) is 2.22. The molecule has 0 bridgehead atoms. The second kappa shape index (κ2) is 6.31. The molecule has 2 heteroatoms. The summed E-state index contributed by atoms with van der Waals surface area (Å²) in [5.74, 6) is 0.960. The Hall–Kier alpha value is -1.80. The molecule has 2 aromatic carbocycles. The molecule has 1 N–H and O–H groups in total. The van der Waals surface area contributed by atoms with Crippen molar-refractivity contribution < 1.29 is 4.74 Å². The minimum absolute atomic E-state index is 0.275. The van der Waals surface area contributed by atoms with Gasteiger partial charge in [0, 0.05) is 17.6 Å². The Bertz CT molecular complexity index is 608. The largest absolute Gasteiger partial charge is 0.496 e. The van der Waals surface area contributed by atoms with Crippen LogP contribution in [-0.2, 0) is 6.42 Å². The Kier molecular flexibility index (Phi) is 4.26. The van der Waals surface area contributed by atoms with Gasteiger partial charge in [-0.3, -0.25) is 0 Å². The summed E-state index contributed by atoms with van der Waals surface area (Å²) < 4.78 is 5.49. The van der Waals surface area contributed by atoms with Crippen LogP contribution in [0.25, 0.3) is 0 Å². The minimum atomic E-state index is 0.275. The molecule has 110 valence electrons. The van der Waals surface area contributed by atoms with E-state index in [1.165, 1.54) is 36.0 Å². The summed E-state index contributed by atoms with van der Waals surface area (Å²) in [4.78, 5) is 0. The van der Waals surface area contributed by atoms with E-state index in [0.717, 1.165) is 5.75 Å². The molecule has 0 heterocycles. The van der Waals surface area contributed by atoms with Gasteiger partial charge in [-0.1, -0.05) is 42.5 Å². The fraction of sp³-hybridized carbons (Fsp3) is 0.368. The first-order chi connectivity index (χ1) is 10.3. The number of methoxy groups -OCH3 is 1. The van der Waals surface area contributed by atoms with E-state index in [9.17, 15) is 0 Å². The molecule has 2 atom stereocenters. The van der Waals surface area contributed by atoms with Crippen LogP contribution in [0.3, 0.4) is 0 Å². The van der Waals surface area contributed by atoms with Crippen LogP contribution in [0.15, 0.2) is 48.5 Å². The van der Waals surface area contributed by atoms with Gasteiger partial charge < -0.3 is 10.1 Å². The molecule has 0 amide bonds. The van der Waals surface area contributed by atoms with Crippen LogP contribution >= 0.6 is 0 Å². The highest BCUT2D eigenvalue weighted by Crippen LogP contribution is 2.33. The topological polar surface area (TPSA) is 21.3 Å². The summed E-state index contributed by atoms with van der Waals surface area (Å²) in [6.07, 6.45) is 3.67. The molecule has 3 rings (SSSR count). The Morgan fingerprint density at radius 1 is 1.10 bits per heavy atom. The zero-order valence-electron chi connectivity index (χ0n) is 12.8. The summed E-state index contributed by atoms with van der Waals surface area (Å²) in [6, 6.07) is 17.8. The first kappa shape index (κ1) is 14.2. The molecule has 0 saturated carbocycles. The molecule has 2 nitrogen and oxygen atoms in total. The summed E-state index contributed by atoms with van der Waals surface area (Å²) in [5.41, 5.74) is 4.18. The van der Waals surface area contributed by atoms with Crippen molar-refractivity contribution >= 4 is 0 Å². The molecule has 1 aliphatic carbocycles. The highest BCUT2D eigenvalue weighted by atomic mass is 16.5. The molecule has 0 aromatic heterocycles. The lowest BCUT2D eigenvalue weighted by molar-refractivity contribution is 0.382. The highest BCUT2D eigenvalue weighted by Gasteiger charge is 2.22. The predicted octanol–water partition coefficient (Wildman–Crippen LogP) is 4.42. The normalized spacial score (nSPS) is 18.9. The number of hydrogen-bond donors (Lipinski definition) is 1. The quantitative estimate of drug-likeness (QED) is 0.895. The number of rotatable bonds is 4. The molecule has 2 unspecified atom stereocenters. The van der Waals surface area contributed by atoms with Crippen LogP contribution < -0.4 is 10.1 Å². The lowest BCUT2D eigenvalue weighted by Gasteiger charge is -2.30. The van der Waals surface area contributed by atoms with Gasteiger partial charge >= 0.3 is 0 Å². The third-order valence-electron chi connectivity index (χ3n) is 4.43. The molecule has 0 radical (unpaired) electrons. The number of hydrogen-bond acceptors (Lipinski definition) is 2. The highest BCUT2D eigenvalue weighted by molar-refractivity contribution is 5.37. The maximum Gasteiger partial charge on any atom is 0.123 e. The van der Waals surface area contributed by atoms with E-state index in [1.807, 2.05) is 12.1 Å². The van der Waals surface area contributed by atoms with Crippen molar-refractivity contribution in [1.82, 2.24) is 5.32 Å². The van der Waals surface area contributed by atoms with E-state index >= 15 is 0 Å². The van der Waals surface area contributed by atoms with Gasteiger partial charge in [0.25, 0.3) is 0 Å². The number of nitrogens with one attached hydrogen (secondary N) is 1. The van der Waals surface area contributed by atoms with Crippen molar-refractivity contribution in [3.05, 3.63) is 65.2 Å². The lowest BCUT2D eigenvalue weighted by atomic mass is 9.87. The second-order valence-corrected chi connectivity index (χ2v) is 5.77. The van der Waals surface area contributed by atoms with E-state index < -0.39 is 0 Å². The maximum atomic E-state index is 5.49. The van der Waals surface area contributed by atoms with Crippen molar-refractivity contribution in [2.45, 2.75) is 38.3 Å². The van der Waals surface area contributed by atoms with Crippen LogP contribution in [0.4, 0.5) is 0 Å². The average molecular weight is 281 g/mol. The van der Waals surface area contributed by atoms with Gasteiger partial charge in [-0.2, -0.15) is 0 Å². The monoisotopic (exact) mass is 281 g/mol. The molecule has 2 aromatic rings. The molecule has 21 heavy (non-hydrogen) atoms. The number of benzene rings is 2. The maximum absolute atomic E-state index is 5.49. The number of aryl methyl sites for hydroxylation is 1. The average Bonchev–Trinajstić information content (AvgIpc) is 2.55. The fourth-order valence-corrected chi connectivity index (χ4v) is 3.34. The van der Waals surface area contributed by atoms with Gasteiger partial charge in [0.05, 0.1) is 7.11 Å². The summed E-state index contributed by atoms with van der Waals surface area (Å²) in [7, 11) is 1.74. The van der Waals surface area contributed by atoms with Gasteiger partial charge in [-0.15, -0.1) is 0 Å². The zero-order valence-corrected chi connectivity index (χ0v) is 12.8. The molecule has 0 saturated heterocycles. The standard InChI is InChI=1S/C19H23NO/c1-14(16-10-5-6-13-19(16)21-2)20-18-12-7-9-15-8-3-4-11-17(15)18/h3-6,8,10-11,13-14,18,20H,7,9,12H2,1-2H3. The van der Waals surface area contributed by atoms with Crippen LogP contribution in [-0.4, -0.2) is 7.11 Å². The Morgan fingerprint density at radius 3 is 2.71 bits per heavy atom. The summed E-state index contributed by atoms with van der Waals surface area (Å²) in [5, 5.41) is 3.79. The molecule has 1 aliphatic rings. The van der Waals surface area contributed by atoms with E-state index in [4.69, 9.17) is 4.74 Å². The number of ether oxygens (including phenoxy) is 1. The fourth-order valence-electron chi connectivity index (χ4n) is 3.34. The van der Waals surface area contributed by atoms with Gasteiger partial charge in [0.1, 0.15) is 5.75 Å². The van der Waals surface area contributed by atoms with Crippen LogP contribution in [0.2, 0.25) is 0 Å². The SMILES string of the molecule is COc1ccccc1C(C)NC1CCCc2ccccc21. The van der Waals surface area contributed by atoms with Gasteiger partial charge in [0.2, 0.25) is 0 Å². The number of fused-ring (bicyclic) bond motifs is 1. The van der Waals surface area contributed by atoms with Crippen molar-refractivity contribution in [1.29, 1.82) is 0 Å². The molecule has 0 spiro atoms. The number of para-hydroxylation sites is 1. The zero-order chi connectivity index (χ0) is 14.7. The minimum Gasteiger partial charge on any atom is -0.496 e. The summed E-state index contributed by atoms with van der Waals surface area (Å²) >= 11 is 0. The van der Waals surface area contributed by atoms with E-state index in [-0.39, 0.29) is 6.04 Å². The first-order valence-corrected chi connectivity index (χ1v) is 7.76. The van der Waals surface area contributed by atoms with E-state index in [1.54, 1.807) is 7.11 Å². The van der Waals surface area contributed by atoms with Crippen molar-refractivity contribution in [2.24, 2.45) is 0 Å². The Labute approximate surface area is 127 Å². The Morgan fingerprint density at radius 2 is 1.86 bits per heavy atom. The van der Waals surface area contributed by atoms with Gasteiger partial charge in [-0.05, 0) is 43.4 Å². The molecule has 0 aliphatic heterocycles. The Balaban J connectivity index is 1.81.